The summed E-state index contributed by atoms with van der Waals surface area (Å²) in [5.41, 5.74) is 6.57. The monoisotopic (exact) mass is 219 g/mol. The summed E-state index contributed by atoms with van der Waals surface area (Å²) in [5, 5.41) is 0. The number of anilines is 2. The van der Waals surface area contributed by atoms with E-state index in [9.17, 15) is 0 Å². The SMILES string of the molecule is CC1CCC(N(C)c2cc(N)ccn2)CC1. The van der Waals surface area contributed by atoms with Gasteiger partial charge in [-0.25, -0.2) is 4.98 Å². The maximum atomic E-state index is 5.78. The van der Waals surface area contributed by atoms with E-state index in [1.807, 2.05) is 12.1 Å². The molecule has 3 heteroatoms. The molecule has 16 heavy (non-hydrogen) atoms. The Bertz CT molecular complexity index is 343. The van der Waals surface area contributed by atoms with E-state index in [0.717, 1.165) is 17.4 Å². The maximum Gasteiger partial charge on any atom is 0.130 e. The fourth-order valence-electron chi connectivity index (χ4n) is 2.44. The zero-order chi connectivity index (χ0) is 11.5. The first kappa shape index (κ1) is 11.2. The minimum atomic E-state index is 0.630. The molecule has 1 aliphatic rings. The van der Waals surface area contributed by atoms with Crippen LogP contribution in [0, 0.1) is 5.92 Å². The Balaban J connectivity index is 2.04. The molecule has 0 atom stereocenters. The van der Waals surface area contributed by atoms with E-state index < -0.39 is 0 Å². The van der Waals surface area contributed by atoms with Gasteiger partial charge in [0.2, 0.25) is 0 Å². The molecule has 0 aliphatic heterocycles. The van der Waals surface area contributed by atoms with E-state index in [0.29, 0.717) is 6.04 Å². The van der Waals surface area contributed by atoms with Crippen LogP contribution in [0.4, 0.5) is 11.5 Å². The van der Waals surface area contributed by atoms with Crippen LogP contribution in [0.15, 0.2) is 18.3 Å². The predicted molar refractivity (Wildman–Crippen MR) is 68.5 cm³/mol. The molecule has 3 nitrogen and oxygen atoms in total. The number of nitrogens with two attached hydrogens (primary N) is 1. The third kappa shape index (κ3) is 2.46. The normalized spacial score (nSPS) is 25.4. The van der Waals surface area contributed by atoms with E-state index in [-0.39, 0.29) is 0 Å². The lowest BCUT2D eigenvalue weighted by molar-refractivity contribution is 0.340. The summed E-state index contributed by atoms with van der Waals surface area (Å²) >= 11 is 0. The number of rotatable bonds is 2. The molecular formula is C13H21N3. The van der Waals surface area contributed by atoms with Gasteiger partial charge in [-0.2, -0.15) is 0 Å². The Morgan fingerprint density at radius 2 is 2.00 bits per heavy atom. The second kappa shape index (κ2) is 4.73. The van der Waals surface area contributed by atoms with Gasteiger partial charge in [-0.3, -0.25) is 0 Å². The second-order valence-electron chi connectivity index (χ2n) is 4.97. The molecule has 0 radical (unpaired) electrons. The van der Waals surface area contributed by atoms with E-state index in [1.54, 1.807) is 6.20 Å². The predicted octanol–water partition coefficient (Wildman–Crippen LogP) is 2.68. The number of pyridine rings is 1. The van der Waals surface area contributed by atoms with Gasteiger partial charge in [0.15, 0.2) is 0 Å². The lowest BCUT2D eigenvalue weighted by Crippen LogP contribution is -2.35. The summed E-state index contributed by atoms with van der Waals surface area (Å²) in [6, 6.07) is 4.42. The highest BCUT2D eigenvalue weighted by molar-refractivity contribution is 5.50. The molecule has 2 rings (SSSR count). The highest BCUT2D eigenvalue weighted by Crippen LogP contribution is 2.28. The Kier molecular flexibility index (Phi) is 3.32. The molecule has 1 aliphatic carbocycles. The summed E-state index contributed by atoms with van der Waals surface area (Å²) in [7, 11) is 2.13. The van der Waals surface area contributed by atoms with E-state index in [4.69, 9.17) is 5.73 Å². The molecule has 0 saturated heterocycles. The number of hydrogen-bond acceptors (Lipinski definition) is 3. The summed E-state index contributed by atoms with van der Waals surface area (Å²) in [5.74, 6) is 1.89. The van der Waals surface area contributed by atoms with Crippen LogP contribution in [0.1, 0.15) is 32.6 Å². The molecule has 1 fully saturated rings. The molecule has 88 valence electrons. The van der Waals surface area contributed by atoms with Crippen molar-refractivity contribution in [3.8, 4) is 0 Å². The lowest BCUT2D eigenvalue weighted by Gasteiger charge is -2.34. The Labute approximate surface area is 97.7 Å². The van der Waals surface area contributed by atoms with Gasteiger partial charge in [0.05, 0.1) is 0 Å². The summed E-state index contributed by atoms with van der Waals surface area (Å²) in [6.45, 7) is 2.34. The largest absolute Gasteiger partial charge is 0.399 e. The first-order valence-electron chi connectivity index (χ1n) is 6.11. The Morgan fingerprint density at radius 3 is 2.62 bits per heavy atom. The van der Waals surface area contributed by atoms with Crippen LogP contribution in [-0.2, 0) is 0 Å². The Morgan fingerprint density at radius 1 is 1.31 bits per heavy atom. The number of nitrogens with zero attached hydrogens (tertiary/aromatic N) is 2. The van der Waals surface area contributed by atoms with Crippen molar-refractivity contribution in [3.05, 3.63) is 18.3 Å². The van der Waals surface area contributed by atoms with Crippen molar-refractivity contribution in [2.24, 2.45) is 5.92 Å². The number of aromatic nitrogens is 1. The van der Waals surface area contributed by atoms with Gasteiger partial charge in [0, 0.05) is 31.0 Å². The fraction of sp³-hybridized carbons (Fsp3) is 0.615. The molecule has 1 saturated carbocycles. The van der Waals surface area contributed by atoms with Gasteiger partial charge in [0.25, 0.3) is 0 Å². The van der Waals surface area contributed by atoms with Crippen molar-refractivity contribution >= 4 is 11.5 Å². The van der Waals surface area contributed by atoms with Gasteiger partial charge in [-0.05, 0) is 37.7 Å². The quantitative estimate of drug-likeness (QED) is 0.831. The van der Waals surface area contributed by atoms with Crippen molar-refractivity contribution in [2.75, 3.05) is 17.7 Å². The average Bonchev–Trinajstić information content (AvgIpc) is 2.29. The minimum Gasteiger partial charge on any atom is -0.399 e. The third-order valence-electron chi connectivity index (χ3n) is 3.66. The van der Waals surface area contributed by atoms with Gasteiger partial charge in [-0.1, -0.05) is 6.92 Å². The molecule has 0 aromatic carbocycles. The summed E-state index contributed by atoms with van der Waals surface area (Å²) in [4.78, 5) is 6.66. The van der Waals surface area contributed by atoms with Gasteiger partial charge in [-0.15, -0.1) is 0 Å². The molecule has 2 N–H and O–H groups in total. The maximum absolute atomic E-state index is 5.78. The molecular weight excluding hydrogens is 198 g/mol. The molecule has 0 bridgehead atoms. The lowest BCUT2D eigenvalue weighted by atomic mass is 9.87. The average molecular weight is 219 g/mol. The van der Waals surface area contributed by atoms with Crippen LogP contribution >= 0.6 is 0 Å². The van der Waals surface area contributed by atoms with Crippen molar-refractivity contribution in [1.29, 1.82) is 0 Å². The zero-order valence-electron chi connectivity index (χ0n) is 10.2. The molecule has 1 aromatic heterocycles. The Hall–Kier alpha value is -1.25. The van der Waals surface area contributed by atoms with Crippen molar-refractivity contribution in [2.45, 2.75) is 38.6 Å². The highest BCUT2D eigenvalue weighted by Gasteiger charge is 2.22. The highest BCUT2D eigenvalue weighted by atomic mass is 15.2. The van der Waals surface area contributed by atoms with E-state index in [2.05, 4.69) is 23.9 Å². The number of hydrogen-bond donors (Lipinski definition) is 1. The topological polar surface area (TPSA) is 42.1 Å². The summed E-state index contributed by atoms with van der Waals surface area (Å²) in [6.07, 6.45) is 6.99. The second-order valence-corrected chi connectivity index (χ2v) is 4.97. The van der Waals surface area contributed by atoms with Crippen molar-refractivity contribution in [1.82, 2.24) is 4.98 Å². The molecule has 0 amide bonds. The molecule has 0 spiro atoms. The van der Waals surface area contributed by atoms with Crippen LogP contribution in [-0.4, -0.2) is 18.1 Å². The van der Waals surface area contributed by atoms with Crippen LogP contribution in [0.2, 0.25) is 0 Å². The van der Waals surface area contributed by atoms with E-state index in [1.165, 1.54) is 25.7 Å². The molecule has 0 unspecified atom stereocenters. The van der Waals surface area contributed by atoms with Crippen molar-refractivity contribution < 1.29 is 0 Å². The molecule has 1 heterocycles. The van der Waals surface area contributed by atoms with Crippen molar-refractivity contribution in [3.63, 3.8) is 0 Å². The van der Waals surface area contributed by atoms with Gasteiger partial charge >= 0.3 is 0 Å². The fourth-order valence-corrected chi connectivity index (χ4v) is 2.44. The standard InChI is InChI=1S/C13H21N3/c1-10-3-5-12(6-4-10)16(2)13-9-11(14)7-8-15-13/h7-10,12H,3-6H2,1-2H3,(H2,14,15). The first-order chi connectivity index (χ1) is 7.66. The number of nitrogen functional groups attached to an aromatic ring is 1. The van der Waals surface area contributed by atoms with Crippen LogP contribution in [0.5, 0.6) is 0 Å². The van der Waals surface area contributed by atoms with Crippen LogP contribution in [0.3, 0.4) is 0 Å². The molecule has 1 aromatic rings. The van der Waals surface area contributed by atoms with Gasteiger partial charge < -0.3 is 10.6 Å². The minimum absolute atomic E-state index is 0.630. The third-order valence-corrected chi connectivity index (χ3v) is 3.66. The van der Waals surface area contributed by atoms with Crippen LogP contribution in [0.25, 0.3) is 0 Å². The van der Waals surface area contributed by atoms with Gasteiger partial charge in [0.1, 0.15) is 5.82 Å². The zero-order valence-corrected chi connectivity index (χ0v) is 10.2. The summed E-state index contributed by atoms with van der Waals surface area (Å²) < 4.78 is 0. The smallest absolute Gasteiger partial charge is 0.130 e. The first-order valence-corrected chi connectivity index (χ1v) is 6.11. The van der Waals surface area contributed by atoms with E-state index >= 15 is 0 Å². The van der Waals surface area contributed by atoms with Crippen LogP contribution < -0.4 is 10.6 Å².